The molecule has 9 nitrogen and oxygen atoms in total. The molecular weight excluding hydrogens is 420 g/mol. The Morgan fingerprint density at radius 3 is 2.39 bits per heavy atom. The normalized spacial score (nSPS) is 16.7. The van der Waals surface area contributed by atoms with E-state index in [0.717, 1.165) is 38.5 Å². The van der Waals surface area contributed by atoms with E-state index in [1.54, 1.807) is 0 Å². The Morgan fingerprint density at radius 1 is 1.13 bits per heavy atom. The maximum Gasteiger partial charge on any atom is 0.322 e. The van der Waals surface area contributed by atoms with Crippen LogP contribution in [-0.4, -0.2) is 48.5 Å². The highest BCUT2D eigenvalue weighted by atomic mass is 32.2. The number of ether oxygens (including phenoxy) is 1. The third-order valence-corrected chi connectivity index (χ3v) is 7.06. The van der Waals surface area contributed by atoms with Crippen LogP contribution in [0.4, 0.5) is 6.01 Å². The minimum absolute atomic E-state index is 0.0162. The number of rotatable bonds is 11. The van der Waals surface area contributed by atoms with Gasteiger partial charge in [0.25, 0.3) is 5.91 Å². The maximum absolute atomic E-state index is 13.0. The Kier molecular flexibility index (Phi) is 8.16. The molecule has 2 heterocycles. The highest BCUT2D eigenvalue weighted by Crippen LogP contribution is 2.28. The Labute approximate surface area is 183 Å². The lowest BCUT2D eigenvalue weighted by molar-refractivity contribution is 0.0893. The summed E-state index contributed by atoms with van der Waals surface area (Å²) in [5, 5.41) is 10.3. The van der Waals surface area contributed by atoms with E-state index in [1.807, 2.05) is 13.8 Å². The fraction of sp³-hybridized carbons (Fsp3) is 0.571. The number of hydrogen-bond acceptors (Lipinski definition) is 7. The quantitative estimate of drug-likeness (QED) is 0.554. The van der Waals surface area contributed by atoms with Gasteiger partial charge in [-0.2, -0.15) is 4.31 Å². The minimum atomic E-state index is -3.61. The summed E-state index contributed by atoms with van der Waals surface area (Å²) in [6, 6.07) is 5.87. The van der Waals surface area contributed by atoms with Crippen molar-refractivity contribution < 1.29 is 22.4 Å². The first-order chi connectivity index (χ1) is 15.0. The molecule has 1 amide bonds. The molecule has 1 fully saturated rings. The Morgan fingerprint density at radius 2 is 1.81 bits per heavy atom. The van der Waals surface area contributed by atoms with Gasteiger partial charge in [-0.25, -0.2) is 8.42 Å². The third-order valence-electron chi connectivity index (χ3n) is 5.14. The number of nitrogens with one attached hydrogen (secondary N) is 1. The lowest BCUT2D eigenvalue weighted by Gasteiger charge is -2.22. The third kappa shape index (κ3) is 5.90. The molecule has 2 aromatic rings. The van der Waals surface area contributed by atoms with Crippen LogP contribution in [0.3, 0.4) is 0 Å². The van der Waals surface area contributed by atoms with Crippen LogP contribution in [0.5, 0.6) is 0 Å². The highest BCUT2D eigenvalue weighted by molar-refractivity contribution is 7.89. The van der Waals surface area contributed by atoms with Crippen LogP contribution < -0.4 is 5.32 Å². The minimum Gasteiger partial charge on any atom is -0.405 e. The average molecular weight is 451 g/mol. The number of carbonyl (C=O) groups is 1. The zero-order valence-corrected chi connectivity index (χ0v) is 18.9. The average Bonchev–Trinajstić information content (AvgIpc) is 3.46. The molecule has 1 unspecified atom stereocenters. The van der Waals surface area contributed by atoms with Gasteiger partial charge in [0.1, 0.15) is 6.10 Å². The zero-order valence-electron chi connectivity index (χ0n) is 18.0. The van der Waals surface area contributed by atoms with E-state index in [0.29, 0.717) is 31.2 Å². The van der Waals surface area contributed by atoms with E-state index >= 15 is 0 Å². The number of anilines is 1. The van der Waals surface area contributed by atoms with E-state index in [4.69, 9.17) is 9.15 Å². The molecule has 1 aliphatic heterocycles. The largest absolute Gasteiger partial charge is 0.405 e. The molecule has 31 heavy (non-hydrogen) atoms. The first-order valence-electron chi connectivity index (χ1n) is 10.8. The number of benzene rings is 1. The van der Waals surface area contributed by atoms with Gasteiger partial charge in [-0.3, -0.25) is 10.1 Å². The van der Waals surface area contributed by atoms with Crippen LogP contribution in [-0.2, 0) is 14.8 Å². The standard InChI is InChI=1S/C21H30N4O5S/c1-3-5-13-25(14-6-4-2)31(27,28)17-11-9-16(10-12-17)19(26)22-21-24-23-20(30-21)18-8-7-15-29-18/h9-12,18H,3-8,13-15H2,1-2H3,(H,22,24,26). The van der Waals surface area contributed by atoms with Crippen molar-refractivity contribution >= 4 is 21.9 Å². The molecule has 10 heteroatoms. The summed E-state index contributed by atoms with van der Waals surface area (Å²) in [6.45, 7) is 5.70. The van der Waals surface area contributed by atoms with Crippen LogP contribution in [0.2, 0.25) is 0 Å². The lowest BCUT2D eigenvalue weighted by atomic mass is 10.2. The fourth-order valence-corrected chi connectivity index (χ4v) is 4.82. The lowest BCUT2D eigenvalue weighted by Crippen LogP contribution is -2.33. The molecule has 170 valence electrons. The van der Waals surface area contributed by atoms with Gasteiger partial charge in [-0.15, -0.1) is 5.10 Å². The molecule has 1 aromatic carbocycles. The first-order valence-corrected chi connectivity index (χ1v) is 12.3. The molecule has 1 atom stereocenters. The molecule has 0 bridgehead atoms. The number of aromatic nitrogens is 2. The van der Waals surface area contributed by atoms with Crippen molar-refractivity contribution in [1.82, 2.24) is 14.5 Å². The molecular formula is C21H30N4O5S. The van der Waals surface area contributed by atoms with Crippen molar-refractivity contribution in [3.05, 3.63) is 35.7 Å². The van der Waals surface area contributed by atoms with Crippen molar-refractivity contribution in [3.8, 4) is 0 Å². The van der Waals surface area contributed by atoms with E-state index in [1.165, 1.54) is 28.6 Å². The van der Waals surface area contributed by atoms with Gasteiger partial charge in [0, 0.05) is 25.3 Å². The number of carbonyl (C=O) groups excluding carboxylic acids is 1. The first kappa shape index (κ1) is 23.4. The van der Waals surface area contributed by atoms with Gasteiger partial charge in [0.15, 0.2) is 0 Å². The van der Waals surface area contributed by atoms with Crippen molar-refractivity contribution in [1.29, 1.82) is 0 Å². The van der Waals surface area contributed by atoms with Crippen LogP contribution in [0.15, 0.2) is 33.6 Å². The monoisotopic (exact) mass is 450 g/mol. The molecule has 1 aromatic heterocycles. The summed E-state index contributed by atoms with van der Waals surface area (Å²) in [7, 11) is -3.61. The van der Waals surface area contributed by atoms with Crippen LogP contribution in [0.1, 0.15) is 74.7 Å². The number of hydrogen-bond donors (Lipinski definition) is 1. The van der Waals surface area contributed by atoms with E-state index in [9.17, 15) is 13.2 Å². The van der Waals surface area contributed by atoms with Crippen molar-refractivity contribution in [2.45, 2.75) is 63.4 Å². The SMILES string of the molecule is CCCCN(CCCC)S(=O)(=O)c1ccc(C(=O)Nc2nnc(C3CCCO3)o2)cc1. The van der Waals surface area contributed by atoms with Crippen LogP contribution in [0.25, 0.3) is 0 Å². The van der Waals surface area contributed by atoms with Crippen LogP contribution in [0, 0.1) is 0 Å². The Bertz CT molecular complexity index is 944. The molecule has 0 saturated carbocycles. The second-order valence-corrected chi connectivity index (χ2v) is 9.47. The zero-order chi connectivity index (χ0) is 22.3. The number of sulfonamides is 1. The van der Waals surface area contributed by atoms with Gasteiger partial charge in [-0.05, 0) is 49.9 Å². The molecule has 0 radical (unpaired) electrons. The topological polar surface area (TPSA) is 115 Å². The number of nitrogens with zero attached hydrogens (tertiary/aromatic N) is 3. The predicted molar refractivity (Wildman–Crippen MR) is 115 cm³/mol. The smallest absolute Gasteiger partial charge is 0.322 e. The number of amides is 1. The Balaban J connectivity index is 1.67. The summed E-state index contributed by atoms with van der Waals surface area (Å²) >= 11 is 0. The summed E-state index contributed by atoms with van der Waals surface area (Å²) in [4.78, 5) is 12.7. The second kappa shape index (κ2) is 10.8. The molecule has 1 aliphatic rings. The molecule has 0 aliphatic carbocycles. The fourth-order valence-electron chi connectivity index (χ4n) is 3.31. The maximum atomic E-state index is 13.0. The highest BCUT2D eigenvalue weighted by Gasteiger charge is 2.25. The second-order valence-electron chi connectivity index (χ2n) is 7.54. The summed E-state index contributed by atoms with van der Waals surface area (Å²) in [5.74, 6) is -0.117. The molecule has 1 N–H and O–H groups in total. The molecule has 3 rings (SSSR count). The Hall–Kier alpha value is -2.30. The van der Waals surface area contributed by atoms with Gasteiger partial charge in [-0.1, -0.05) is 31.8 Å². The number of unbranched alkanes of at least 4 members (excludes halogenated alkanes) is 2. The summed E-state index contributed by atoms with van der Waals surface area (Å²) in [5.41, 5.74) is 0.296. The van der Waals surface area contributed by atoms with Crippen molar-refractivity contribution in [3.63, 3.8) is 0 Å². The summed E-state index contributed by atoms with van der Waals surface area (Å²) in [6.07, 6.45) is 4.95. The van der Waals surface area contributed by atoms with Crippen LogP contribution >= 0.6 is 0 Å². The molecule has 0 spiro atoms. The van der Waals surface area contributed by atoms with E-state index in [2.05, 4.69) is 15.5 Å². The van der Waals surface area contributed by atoms with E-state index in [-0.39, 0.29) is 17.0 Å². The van der Waals surface area contributed by atoms with E-state index < -0.39 is 15.9 Å². The summed E-state index contributed by atoms with van der Waals surface area (Å²) < 4.78 is 38.5. The van der Waals surface area contributed by atoms with Crippen molar-refractivity contribution in [2.75, 3.05) is 25.0 Å². The molecule has 1 saturated heterocycles. The predicted octanol–water partition coefficient (Wildman–Crippen LogP) is 3.76. The van der Waals surface area contributed by atoms with Crippen molar-refractivity contribution in [2.24, 2.45) is 0 Å². The van der Waals surface area contributed by atoms with Gasteiger partial charge in [0.2, 0.25) is 15.9 Å². The van der Waals surface area contributed by atoms with Gasteiger partial charge >= 0.3 is 6.01 Å². The van der Waals surface area contributed by atoms with Gasteiger partial charge in [0.05, 0.1) is 4.90 Å². The van der Waals surface area contributed by atoms with Gasteiger partial charge < -0.3 is 9.15 Å².